The molecule has 9 heteroatoms. The molecule has 0 unspecified atom stereocenters. The van der Waals surface area contributed by atoms with Gasteiger partial charge in [-0.1, -0.05) is 25.1 Å². The van der Waals surface area contributed by atoms with Crippen LogP contribution in [0.3, 0.4) is 0 Å². The highest BCUT2D eigenvalue weighted by atomic mass is 32.2. The lowest BCUT2D eigenvalue weighted by molar-refractivity contribution is -0.115. The van der Waals surface area contributed by atoms with Gasteiger partial charge in [-0.15, -0.1) is 5.10 Å². The Balaban J connectivity index is 1.77. The van der Waals surface area contributed by atoms with Gasteiger partial charge in [-0.3, -0.25) is 10.1 Å². The second-order valence-electron chi connectivity index (χ2n) is 5.47. The number of H-pyrrole nitrogens is 2. The minimum atomic E-state index is -3.49. The molecule has 0 saturated carbocycles. The molecule has 8 nitrogen and oxygen atoms in total. The minimum absolute atomic E-state index is 0.0606. The Morgan fingerprint density at radius 2 is 2.08 bits per heavy atom. The number of aromatic nitrogens is 4. The van der Waals surface area contributed by atoms with E-state index < -0.39 is 9.84 Å². The normalized spacial score (nSPS) is 11.8. The average Bonchev–Trinajstić information content (AvgIpc) is 3.14. The van der Waals surface area contributed by atoms with E-state index >= 15 is 0 Å². The van der Waals surface area contributed by atoms with E-state index in [1.165, 1.54) is 5.56 Å². The fraction of sp³-hybridized carbons (Fsp3) is 0.267. The lowest BCUT2D eigenvalue weighted by atomic mass is 10.1. The topological polar surface area (TPSA) is 121 Å². The Morgan fingerprint density at radius 1 is 1.29 bits per heavy atom. The molecular formula is C15H17N5O3S. The van der Waals surface area contributed by atoms with Crippen molar-refractivity contribution >= 4 is 32.6 Å². The maximum absolute atomic E-state index is 12.2. The van der Waals surface area contributed by atoms with Crippen LogP contribution in [0.4, 0.5) is 5.95 Å². The van der Waals surface area contributed by atoms with Crippen molar-refractivity contribution in [2.24, 2.45) is 0 Å². The molecule has 126 valence electrons. The number of nitrogens with one attached hydrogen (secondary N) is 3. The van der Waals surface area contributed by atoms with E-state index in [2.05, 4.69) is 32.4 Å². The number of carbonyl (C=O) groups is 1. The molecule has 0 spiro atoms. The van der Waals surface area contributed by atoms with Crippen molar-refractivity contribution in [2.75, 3.05) is 11.6 Å². The number of nitrogens with zero attached hydrogens (tertiary/aromatic N) is 2. The Morgan fingerprint density at radius 3 is 2.75 bits per heavy atom. The molecule has 0 fully saturated rings. The van der Waals surface area contributed by atoms with E-state index in [9.17, 15) is 13.2 Å². The zero-order valence-corrected chi connectivity index (χ0v) is 14.1. The van der Waals surface area contributed by atoms with Gasteiger partial charge in [-0.2, -0.15) is 4.98 Å². The first-order valence-corrected chi connectivity index (χ1v) is 9.27. The van der Waals surface area contributed by atoms with Crippen molar-refractivity contribution in [3.63, 3.8) is 0 Å². The summed E-state index contributed by atoms with van der Waals surface area (Å²) in [5.41, 5.74) is 3.07. The van der Waals surface area contributed by atoms with E-state index in [0.717, 1.165) is 29.1 Å². The number of aryl methyl sites for hydroxylation is 1. The summed E-state index contributed by atoms with van der Waals surface area (Å²) in [6.45, 7) is 2.07. The number of aromatic amines is 2. The van der Waals surface area contributed by atoms with Crippen molar-refractivity contribution < 1.29 is 13.2 Å². The summed E-state index contributed by atoms with van der Waals surface area (Å²) in [5, 5.41) is 9.18. The number of hydrogen-bond donors (Lipinski definition) is 3. The largest absolute Gasteiger partial charge is 0.361 e. The molecule has 0 atom stereocenters. The average molecular weight is 347 g/mol. The third-order valence-corrected chi connectivity index (χ3v) is 4.57. The van der Waals surface area contributed by atoms with E-state index in [1.807, 2.05) is 24.4 Å². The van der Waals surface area contributed by atoms with Crippen molar-refractivity contribution in [1.82, 2.24) is 20.2 Å². The van der Waals surface area contributed by atoms with Crippen LogP contribution >= 0.6 is 0 Å². The first-order chi connectivity index (χ1) is 11.4. The van der Waals surface area contributed by atoms with Crippen LogP contribution in [0.5, 0.6) is 0 Å². The van der Waals surface area contributed by atoms with Gasteiger partial charge < -0.3 is 4.98 Å². The summed E-state index contributed by atoms with van der Waals surface area (Å²) in [7, 11) is -3.49. The molecule has 0 aliphatic rings. The Labute approximate surface area is 138 Å². The number of rotatable bonds is 5. The molecule has 0 aliphatic carbocycles. The second-order valence-corrected chi connectivity index (χ2v) is 7.40. The monoisotopic (exact) mass is 347 g/mol. The summed E-state index contributed by atoms with van der Waals surface area (Å²) in [4.78, 5) is 19.1. The Hall–Kier alpha value is -2.68. The van der Waals surface area contributed by atoms with Gasteiger partial charge in [-0.05, 0) is 17.5 Å². The number of sulfone groups is 1. The maximum Gasteiger partial charge on any atom is 0.249 e. The molecule has 3 N–H and O–H groups in total. The number of para-hydroxylation sites is 1. The van der Waals surface area contributed by atoms with E-state index in [1.54, 1.807) is 0 Å². The van der Waals surface area contributed by atoms with Gasteiger partial charge >= 0.3 is 0 Å². The van der Waals surface area contributed by atoms with Gasteiger partial charge in [-0.25, -0.2) is 13.5 Å². The molecule has 3 aromatic rings. The number of fused-ring (bicyclic) bond motifs is 1. The molecule has 2 aromatic heterocycles. The number of anilines is 1. The molecule has 0 radical (unpaired) electrons. The number of carbonyl (C=O) groups excluding carboxylic acids is 1. The molecule has 0 bridgehead atoms. The molecule has 0 saturated heterocycles. The standard InChI is InChI=1S/C15H17N5O3S/c1-3-9-5-4-6-11-10(8-16-13(9)11)7-12(21)17-14-18-15(20-19-14)24(2,22)23/h4-6,8,16H,3,7H2,1-2H3,(H2,17,18,19,20,21). The van der Waals surface area contributed by atoms with Crippen LogP contribution in [-0.4, -0.2) is 40.7 Å². The maximum atomic E-state index is 12.2. The SMILES string of the molecule is CCc1cccc2c(CC(=O)Nc3n[nH]c(S(C)(=O)=O)n3)c[nH]c12. The van der Waals surface area contributed by atoms with Crippen LogP contribution in [0.2, 0.25) is 0 Å². The lowest BCUT2D eigenvalue weighted by Gasteiger charge is -2.02. The minimum Gasteiger partial charge on any atom is -0.361 e. The van der Waals surface area contributed by atoms with Crippen LogP contribution in [0.25, 0.3) is 10.9 Å². The van der Waals surface area contributed by atoms with E-state index in [4.69, 9.17) is 0 Å². The zero-order valence-electron chi connectivity index (χ0n) is 13.3. The lowest BCUT2D eigenvalue weighted by Crippen LogP contribution is -2.15. The molecule has 1 aromatic carbocycles. The van der Waals surface area contributed by atoms with Gasteiger partial charge in [0.25, 0.3) is 0 Å². The van der Waals surface area contributed by atoms with Crippen molar-refractivity contribution in [3.05, 3.63) is 35.5 Å². The Kier molecular flexibility index (Phi) is 4.10. The third-order valence-electron chi connectivity index (χ3n) is 3.69. The summed E-state index contributed by atoms with van der Waals surface area (Å²) < 4.78 is 22.7. The van der Waals surface area contributed by atoms with Gasteiger partial charge in [0, 0.05) is 23.4 Å². The fourth-order valence-electron chi connectivity index (χ4n) is 2.53. The number of amides is 1. The van der Waals surface area contributed by atoms with Gasteiger partial charge in [0.2, 0.25) is 26.8 Å². The predicted octanol–water partition coefficient (Wildman–Crippen LogP) is 1.43. The van der Waals surface area contributed by atoms with Crippen LogP contribution in [0, 0.1) is 0 Å². The smallest absolute Gasteiger partial charge is 0.249 e. The van der Waals surface area contributed by atoms with Crippen molar-refractivity contribution in [3.8, 4) is 0 Å². The van der Waals surface area contributed by atoms with Crippen LogP contribution in [0.15, 0.2) is 29.6 Å². The zero-order chi connectivity index (χ0) is 17.3. The quantitative estimate of drug-likeness (QED) is 0.645. The highest BCUT2D eigenvalue weighted by Crippen LogP contribution is 2.22. The van der Waals surface area contributed by atoms with Crippen molar-refractivity contribution in [1.29, 1.82) is 0 Å². The highest BCUT2D eigenvalue weighted by molar-refractivity contribution is 7.90. The van der Waals surface area contributed by atoms with Gasteiger partial charge in [0.1, 0.15) is 0 Å². The van der Waals surface area contributed by atoms with Gasteiger partial charge in [0.15, 0.2) is 0 Å². The van der Waals surface area contributed by atoms with Crippen LogP contribution in [0.1, 0.15) is 18.1 Å². The summed E-state index contributed by atoms with van der Waals surface area (Å²) in [6.07, 6.45) is 3.85. The highest BCUT2D eigenvalue weighted by Gasteiger charge is 2.16. The Bertz CT molecular complexity index is 1000. The van der Waals surface area contributed by atoms with E-state index in [-0.39, 0.29) is 23.4 Å². The van der Waals surface area contributed by atoms with Crippen LogP contribution in [-0.2, 0) is 27.5 Å². The molecular weight excluding hydrogens is 330 g/mol. The summed E-state index contributed by atoms with van der Waals surface area (Å²) >= 11 is 0. The fourth-order valence-corrected chi connectivity index (χ4v) is 2.99. The second kappa shape index (κ2) is 6.08. The molecule has 2 heterocycles. The molecule has 3 rings (SSSR count). The molecule has 0 aliphatic heterocycles. The molecule has 1 amide bonds. The predicted molar refractivity (Wildman–Crippen MR) is 89.5 cm³/mol. The number of hydrogen-bond acceptors (Lipinski definition) is 5. The first-order valence-electron chi connectivity index (χ1n) is 7.38. The molecule has 24 heavy (non-hydrogen) atoms. The van der Waals surface area contributed by atoms with Crippen molar-refractivity contribution in [2.45, 2.75) is 24.9 Å². The number of benzene rings is 1. The van der Waals surface area contributed by atoms with E-state index in [0.29, 0.717) is 0 Å². The summed E-state index contributed by atoms with van der Waals surface area (Å²) in [5.74, 6) is -0.383. The van der Waals surface area contributed by atoms with Gasteiger partial charge in [0.05, 0.1) is 6.42 Å². The van der Waals surface area contributed by atoms with Crippen LogP contribution < -0.4 is 5.32 Å². The third kappa shape index (κ3) is 3.16. The first kappa shape index (κ1) is 16.2. The summed E-state index contributed by atoms with van der Waals surface area (Å²) in [6, 6.07) is 5.97.